The number of halogens is 1. The molecule has 0 bridgehead atoms. The van der Waals surface area contributed by atoms with Crippen molar-refractivity contribution in [1.82, 2.24) is 5.32 Å². The maximum Gasteiger partial charge on any atom is 0.0366 e. The van der Waals surface area contributed by atoms with Crippen molar-refractivity contribution in [3.63, 3.8) is 0 Å². The van der Waals surface area contributed by atoms with Crippen molar-refractivity contribution in [2.45, 2.75) is 31.7 Å². The molecule has 2 nitrogen and oxygen atoms in total. The fraction of sp³-hybridized carbons (Fsp3) is 0.571. The summed E-state index contributed by atoms with van der Waals surface area (Å²) in [6.07, 6.45) is 5.32. The largest absolute Gasteiger partial charge is 0.372 e. The Morgan fingerprint density at radius 3 is 2.29 bits per heavy atom. The number of hydrogen-bond acceptors (Lipinski definition) is 2. The van der Waals surface area contributed by atoms with Crippen LogP contribution in [0.5, 0.6) is 0 Å². The lowest BCUT2D eigenvalue weighted by molar-refractivity contribution is 0.648. The van der Waals surface area contributed by atoms with Gasteiger partial charge in [0, 0.05) is 24.8 Å². The van der Waals surface area contributed by atoms with E-state index in [1.165, 1.54) is 56.6 Å². The molecule has 0 saturated carbocycles. The van der Waals surface area contributed by atoms with Crippen LogP contribution in [-0.2, 0) is 0 Å². The van der Waals surface area contributed by atoms with Crippen LogP contribution in [0.1, 0.15) is 37.3 Å². The number of nitrogens with zero attached hydrogens (tertiary/aromatic N) is 1. The van der Waals surface area contributed by atoms with Gasteiger partial charge in [0.2, 0.25) is 0 Å². The Hall–Kier alpha value is -0.730. The summed E-state index contributed by atoms with van der Waals surface area (Å²) in [7, 11) is 0. The summed E-state index contributed by atoms with van der Waals surface area (Å²) < 4.78 is 0. The van der Waals surface area contributed by atoms with Crippen molar-refractivity contribution in [2.75, 3.05) is 24.5 Å². The van der Waals surface area contributed by atoms with Crippen LogP contribution in [0.4, 0.5) is 5.69 Å². The van der Waals surface area contributed by atoms with Gasteiger partial charge in [0.05, 0.1) is 0 Å². The fourth-order valence-electron chi connectivity index (χ4n) is 2.86. The maximum absolute atomic E-state index is 3.55. The first-order valence-corrected chi connectivity index (χ1v) is 6.52. The lowest BCUT2D eigenvalue weighted by Gasteiger charge is -2.19. The van der Waals surface area contributed by atoms with Gasteiger partial charge >= 0.3 is 0 Å². The van der Waals surface area contributed by atoms with Crippen molar-refractivity contribution < 1.29 is 0 Å². The molecule has 0 aliphatic carbocycles. The third kappa shape index (κ3) is 2.75. The zero-order valence-corrected chi connectivity index (χ0v) is 11.0. The van der Waals surface area contributed by atoms with Gasteiger partial charge in [-0.15, -0.1) is 12.4 Å². The third-order valence-electron chi connectivity index (χ3n) is 3.83. The lowest BCUT2D eigenvalue weighted by atomic mass is 10.1. The predicted octanol–water partition coefficient (Wildman–Crippen LogP) is 3.13. The monoisotopic (exact) mass is 252 g/mol. The molecule has 0 spiro atoms. The number of anilines is 1. The molecule has 94 valence electrons. The molecule has 17 heavy (non-hydrogen) atoms. The lowest BCUT2D eigenvalue weighted by Crippen LogP contribution is -2.18. The van der Waals surface area contributed by atoms with Crippen LogP contribution in [0.15, 0.2) is 24.3 Å². The standard InChI is InChI=1S/C14H20N2.ClH/c1-2-11-16(10-1)13-7-5-12(6-8-13)14-4-3-9-15-14;/h5-8,14-15H,1-4,9-11H2;1H/t14-;/m1./s1. The Labute approximate surface area is 110 Å². The third-order valence-corrected chi connectivity index (χ3v) is 3.83. The molecule has 0 radical (unpaired) electrons. The predicted molar refractivity (Wildman–Crippen MR) is 75.1 cm³/mol. The molecule has 2 fully saturated rings. The Morgan fingerprint density at radius 1 is 1.00 bits per heavy atom. The molecule has 3 rings (SSSR count). The molecule has 1 aromatic carbocycles. The van der Waals surface area contributed by atoms with E-state index in [0.29, 0.717) is 6.04 Å². The van der Waals surface area contributed by atoms with Crippen LogP contribution in [0, 0.1) is 0 Å². The molecule has 0 amide bonds. The second-order valence-electron chi connectivity index (χ2n) is 4.93. The molecular formula is C14H21ClN2. The maximum atomic E-state index is 3.55. The van der Waals surface area contributed by atoms with Crippen LogP contribution in [0.25, 0.3) is 0 Å². The number of rotatable bonds is 2. The topological polar surface area (TPSA) is 15.3 Å². The van der Waals surface area contributed by atoms with Gasteiger partial charge in [-0.3, -0.25) is 0 Å². The van der Waals surface area contributed by atoms with Crippen LogP contribution in [-0.4, -0.2) is 19.6 Å². The van der Waals surface area contributed by atoms with E-state index >= 15 is 0 Å². The van der Waals surface area contributed by atoms with E-state index < -0.39 is 0 Å². The Kier molecular flexibility index (Phi) is 4.30. The smallest absolute Gasteiger partial charge is 0.0366 e. The van der Waals surface area contributed by atoms with Gasteiger partial charge in [-0.1, -0.05) is 12.1 Å². The second kappa shape index (κ2) is 5.74. The minimum absolute atomic E-state index is 0. The number of hydrogen-bond donors (Lipinski definition) is 1. The van der Waals surface area contributed by atoms with Gasteiger partial charge in [-0.2, -0.15) is 0 Å². The van der Waals surface area contributed by atoms with E-state index in [4.69, 9.17) is 0 Å². The fourth-order valence-corrected chi connectivity index (χ4v) is 2.86. The number of benzene rings is 1. The summed E-state index contributed by atoms with van der Waals surface area (Å²) in [5, 5.41) is 3.55. The van der Waals surface area contributed by atoms with Crippen molar-refractivity contribution in [1.29, 1.82) is 0 Å². The molecule has 0 unspecified atom stereocenters. The summed E-state index contributed by atoms with van der Waals surface area (Å²) in [6, 6.07) is 9.79. The Balaban J connectivity index is 0.00000108. The summed E-state index contributed by atoms with van der Waals surface area (Å²) in [5.41, 5.74) is 2.86. The highest BCUT2D eigenvalue weighted by Gasteiger charge is 2.17. The molecule has 2 saturated heterocycles. The highest BCUT2D eigenvalue weighted by molar-refractivity contribution is 5.85. The van der Waals surface area contributed by atoms with Crippen LogP contribution in [0.2, 0.25) is 0 Å². The van der Waals surface area contributed by atoms with E-state index in [1.54, 1.807) is 0 Å². The Bertz CT molecular complexity index is 303. The first kappa shape index (κ1) is 12.7. The van der Waals surface area contributed by atoms with Crippen molar-refractivity contribution in [3.8, 4) is 0 Å². The average Bonchev–Trinajstić information content (AvgIpc) is 3.03. The first-order chi connectivity index (χ1) is 7.93. The molecule has 1 atom stereocenters. The van der Waals surface area contributed by atoms with Gasteiger partial charge in [0.25, 0.3) is 0 Å². The van der Waals surface area contributed by atoms with E-state index in [2.05, 4.69) is 34.5 Å². The molecule has 0 aromatic heterocycles. The van der Waals surface area contributed by atoms with Crippen LogP contribution in [0.3, 0.4) is 0 Å². The highest BCUT2D eigenvalue weighted by Crippen LogP contribution is 2.26. The van der Waals surface area contributed by atoms with Crippen molar-refractivity contribution in [3.05, 3.63) is 29.8 Å². The SMILES string of the molecule is Cl.c1cc(N2CCCC2)ccc1[C@H]1CCCN1. The van der Waals surface area contributed by atoms with Gasteiger partial charge in [-0.05, 0) is 49.9 Å². The van der Waals surface area contributed by atoms with Crippen LogP contribution < -0.4 is 10.2 Å². The highest BCUT2D eigenvalue weighted by atomic mass is 35.5. The van der Waals surface area contributed by atoms with Gasteiger partial charge in [-0.25, -0.2) is 0 Å². The van der Waals surface area contributed by atoms with Gasteiger partial charge in [0.1, 0.15) is 0 Å². The van der Waals surface area contributed by atoms with Crippen LogP contribution >= 0.6 is 12.4 Å². The summed E-state index contributed by atoms with van der Waals surface area (Å²) in [5.74, 6) is 0. The van der Waals surface area contributed by atoms with Gasteiger partial charge in [0.15, 0.2) is 0 Å². The minimum Gasteiger partial charge on any atom is -0.372 e. The quantitative estimate of drug-likeness (QED) is 0.870. The molecular weight excluding hydrogens is 232 g/mol. The zero-order valence-electron chi connectivity index (χ0n) is 10.2. The van der Waals surface area contributed by atoms with E-state index in [0.717, 1.165) is 0 Å². The Morgan fingerprint density at radius 2 is 1.71 bits per heavy atom. The van der Waals surface area contributed by atoms with Crippen molar-refractivity contribution >= 4 is 18.1 Å². The number of nitrogens with one attached hydrogen (secondary N) is 1. The van der Waals surface area contributed by atoms with E-state index in [9.17, 15) is 0 Å². The average molecular weight is 253 g/mol. The molecule has 1 aromatic rings. The molecule has 3 heteroatoms. The zero-order chi connectivity index (χ0) is 10.8. The molecule has 2 aliphatic rings. The van der Waals surface area contributed by atoms with E-state index in [1.807, 2.05) is 0 Å². The molecule has 1 N–H and O–H groups in total. The minimum atomic E-state index is 0. The normalized spacial score (nSPS) is 23.8. The molecule has 2 aliphatic heterocycles. The van der Waals surface area contributed by atoms with E-state index in [-0.39, 0.29) is 12.4 Å². The van der Waals surface area contributed by atoms with Crippen molar-refractivity contribution in [2.24, 2.45) is 0 Å². The summed E-state index contributed by atoms with van der Waals surface area (Å²) in [6.45, 7) is 3.65. The molecule has 2 heterocycles. The van der Waals surface area contributed by atoms with Gasteiger partial charge < -0.3 is 10.2 Å². The summed E-state index contributed by atoms with van der Waals surface area (Å²) >= 11 is 0. The second-order valence-corrected chi connectivity index (χ2v) is 4.93. The first-order valence-electron chi connectivity index (χ1n) is 6.52. The summed E-state index contributed by atoms with van der Waals surface area (Å²) in [4.78, 5) is 2.49.